The second kappa shape index (κ2) is 4.56. The molecule has 2 aromatic rings. The number of nitrogens with zero attached hydrogens (tertiary/aromatic N) is 1. The summed E-state index contributed by atoms with van der Waals surface area (Å²) in [5.41, 5.74) is 0.918. The largest absolute Gasteiger partial charge is 0.432 e. The third-order valence-electron chi connectivity index (χ3n) is 1.68. The molecule has 76 valence electrons. The lowest BCUT2D eigenvalue weighted by Gasteiger charge is -2.06. The average Bonchev–Trinajstić information content (AvgIpc) is 2.71. The van der Waals surface area contributed by atoms with Crippen molar-refractivity contribution in [1.29, 1.82) is 0 Å². The summed E-state index contributed by atoms with van der Waals surface area (Å²) in [7, 11) is 0. The Morgan fingerprint density at radius 2 is 2.00 bits per heavy atom. The molecule has 0 saturated carbocycles. The number of rotatable bonds is 2. The second-order valence-electron chi connectivity index (χ2n) is 2.78. The highest BCUT2D eigenvalue weighted by molar-refractivity contribution is 7.80. The first kappa shape index (κ1) is 9.67. The van der Waals surface area contributed by atoms with Crippen LogP contribution in [0.4, 0.5) is 11.7 Å². The Kier molecular flexibility index (Phi) is 2.94. The van der Waals surface area contributed by atoms with E-state index >= 15 is 0 Å². The quantitative estimate of drug-likeness (QED) is 0.760. The summed E-state index contributed by atoms with van der Waals surface area (Å²) in [4.78, 5) is 3.89. The van der Waals surface area contributed by atoms with E-state index in [1.807, 2.05) is 30.3 Å². The van der Waals surface area contributed by atoms with Gasteiger partial charge in [-0.05, 0) is 24.4 Å². The first-order valence-corrected chi connectivity index (χ1v) is 4.78. The zero-order valence-electron chi connectivity index (χ0n) is 7.81. The molecule has 0 fully saturated rings. The van der Waals surface area contributed by atoms with E-state index in [0.717, 1.165) is 5.69 Å². The molecule has 5 heteroatoms. The number of hydrogen-bond acceptors (Lipinski definition) is 3. The number of para-hydroxylation sites is 1. The number of thiocarbonyl (C=S) groups is 1. The van der Waals surface area contributed by atoms with Crippen LogP contribution in [0.3, 0.4) is 0 Å². The van der Waals surface area contributed by atoms with Gasteiger partial charge >= 0.3 is 6.01 Å². The smallest absolute Gasteiger partial charge is 0.300 e. The lowest BCUT2D eigenvalue weighted by Crippen LogP contribution is -2.19. The van der Waals surface area contributed by atoms with Crippen LogP contribution in [0.1, 0.15) is 0 Å². The zero-order valence-corrected chi connectivity index (χ0v) is 8.62. The lowest BCUT2D eigenvalue weighted by molar-refractivity contribution is 0.579. The van der Waals surface area contributed by atoms with E-state index in [-0.39, 0.29) is 0 Å². The number of hydrogen-bond donors (Lipinski definition) is 2. The molecule has 0 amide bonds. The minimum atomic E-state index is 0.378. The fraction of sp³-hybridized carbons (Fsp3) is 0. The Balaban J connectivity index is 1.94. The fourth-order valence-electron chi connectivity index (χ4n) is 1.07. The van der Waals surface area contributed by atoms with Crippen molar-refractivity contribution in [2.45, 2.75) is 0 Å². The molecule has 1 aromatic carbocycles. The van der Waals surface area contributed by atoms with E-state index in [2.05, 4.69) is 15.6 Å². The SMILES string of the molecule is S=C(Nc1ccccc1)Nc1ncco1. The summed E-state index contributed by atoms with van der Waals surface area (Å²) in [6, 6.07) is 10.0. The van der Waals surface area contributed by atoms with Gasteiger partial charge in [0.05, 0.1) is 6.20 Å². The Morgan fingerprint density at radius 1 is 1.20 bits per heavy atom. The molecule has 0 aliphatic carbocycles. The molecular weight excluding hydrogens is 210 g/mol. The van der Waals surface area contributed by atoms with Crippen molar-refractivity contribution in [2.24, 2.45) is 0 Å². The van der Waals surface area contributed by atoms with E-state index in [1.165, 1.54) is 6.26 Å². The minimum absolute atomic E-state index is 0.378. The minimum Gasteiger partial charge on any atom is -0.432 e. The molecule has 1 aromatic heterocycles. The first-order valence-electron chi connectivity index (χ1n) is 4.37. The van der Waals surface area contributed by atoms with Crippen molar-refractivity contribution < 1.29 is 4.42 Å². The first-order chi connectivity index (χ1) is 7.34. The normalized spacial score (nSPS) is 9.60. The molecule has 0 atom stereocenters. The number of aromatic nitrogens is 1. The van der Waals surface area contributed by atoms with Crippen molar-refractivity contribution in [2.75, 3.05) is 10.6 Å². The highest BCUT2D eigenvalue weighted by atomic mass is 32.1. The van der Waals surface area contributed by atoms with E-state index in [9.17, 15) is 0 Å². The highest BCUT2D eigenvalue weighted by Gasteiger charge is 2.00. The summed E-state index contributed by atoms with van der Waals surface area (Å²) in [6.07, 6.45) is 3.03. The van der Waals surface area contributed by atoms with Crippen molar-refractivity contribution in [3.05, 3.63) is 42.8 Å². The Hall–Kier alpha value is -1.88. The number of nitrogens with one attached hydrogen (secondary N) is 2. The van der Waals surface area contributed by atoms with Gasteiger partial charge in [-0.15, -0.1) is 0 Å². The monoisotopic (exact) mass is 219 g/mol. The van der Waals surface area contributed by atoms with Crippen molar-refractivity contribution in [3.8, 4) is 0 Å². The van der Waals surface area contributed by atoms with E-state index in [0.29, 0.717) is 11.1 Å². The Labute approximate surface area is 92.3 Å². The highest BCUT2D eigenvalue weighted by Crippen LogP contribution is 2.07. The summed E-state index contributed by atoms with van der Waals surface area (Å²) in [5.74, 6) is 0. The molecule has 2 rings (SSSR count). The van der Waals surface area contributed by atoms with E-state index < -0.39 is 0 Å². The van der Waals surface area contributed by atoms with Crippen LogP contribution in [0.25, 0.3) is 0 Å². The zero-order chi connectivity index (χ0) is 10.5. The van der Waals surface area contributed by atoms with Gasteiger partial charge in [-0.1, -0.05) is 18.2 Å². The maximum atomic E-state index is 5.06. The predicted octanol–water partition coefficient (Wildman–Crippen LogP) is 2.48. The van der Waals surface area contributed by atoms with Crippen LogP contribution in [0, 0.1) is 0 Å². The van der Waals surface area contributed by atoms with Crippen molar-refractivity contribution >= 4 is 29.0 Å². The number of benzene rings is 1. The maximum Gasteiger partial charge on any atom is 0.300 e. The number of anilines is 2. The van der Waals surface area contributed by atoms with Crippen LogP contribution < -0.4 is 10.6 Å². The van der Waals surface area contributed by atoms with E-state index in [1.54, 1.807) is 6.20 Å². The molecule has 15 heavy (non-hydrogen) atoms. The molecule has 4 nitrogen and oxygen atoms in total. The summed E-state index contributed by atoms with van der Waals surface area (Å²) >= 11 is 5.06. The topological polar surface area (TPSA) is 50.1 Å². The van der Waals surface area contributed by atoms with Crippen LogP contribution in [-0.2, 0) is 0 Å². The summed E-state index contributed by atoms with van der Waals surface area (Å²) in [5, 5.41) is 6.26. The van der Waals surface area contributed by atoms with Crippen LogP contribution in [0.5, 0.6) is 0 Å². The molecular formula is C10H9N3OS. The molecule has 0 aliphatic rings. The van der Waals surface area contributed by atoms with Crippen LogP contribution >= 0.6 is 12.2 Å². The predicted molar refractivity (Wildman–Crippen MR) is 62.8 cm³/mol. The number of oxazole rings is 1. The standard InChI is InChI=1S/C10H9N3OS/c15-10(13-9-11-6-7-14-9)12-8-4-2-1-3-5-8/h1-7H,(H2,11,12,13,15). The fourth-order valence-corrected chi connectivity index (χ4v) is 1.27. The van der Waals surface area contributed by atoms with Gasteiger partial charge < -0.3 is 9.73 Å². The van der Waals surface area contributed by atoms with Crippen LogP contribution in [0.2, 0.25) is 0 Å². The molecule has 2 N–H and O–H groups in total. The van der Waals surface area contributed by atoms with Gasteiger partial charge in [-0.3, -0.25) is 5.32 Å². The lowest BCUT2D eigenvalue weighted by atomic mass is 10.3. The van der Waals surface area contributed by atoms with E-state index in [4.69, 9.17) is 16.6 Å². The van der Waals surface area contributed by atoms with Gasteiger partial charge in [0.2, 0.25) is 0 Å². The Morgan fingerprint density at radius 3 is 2.67 bits per heavy atom. The van der Waals surface area contributed by atoms with Gasteiger partial charge in [-0.2, -0.15) is 0 Å². The van der Waals surface area contributed by atoms with Gasteiger partial charge in [0.15, 0.2) is 5.11 Å². The molecule has 0 aliphatic heterocycles. The second-order valence-corrected chi connectivity index (χ2v) is 3.19. The molecule has 0 bridgehead atoms. The summed E-state index contributed by atoms with van der Waals surface area (Å²) in [6.45, 7) is 0. The average molecular weight is 219 g/mol. The van der Waals surface area contributed by atoms with Crippen molar-refractivity contribution in [1.82, 2.24) is 4.98 Å². The van der Waals surface area contributed by atoms with Gasteiger partial charge in [-0.25, -0.2) is 4.98 Å². The third kappa shape index (κ3) is 2.78. The van der Waals surface area contributed by atoms with Gasteiger partial charge in [0, 0.05) is 5.69 Å². The third-order valence-corrected chi connectivity index (χ3v) is 1.89. The summed E-state index contributed by atoms with van der Waals surface area (Å²) < 4.78 is 4.99. The molecule has 0 saturated heterocycles. The van der Waals surface area contributed by atoms with Crippen LogP contribution in [-0.4, -0.2) is 10.1 Å². The maximum absolute atomic E-state index is 5.06. The Bertz CT molecular complexity index is 427. The molecule has 0 spiro atoms. The van der Waals surface area contributed by atoms with Gasteiger partial charge in [0.25, 0.3) is 0 Å². The molecule has 1 heterocycles. The van der Waals surface area contributed by atoms with Crippen LogP contribution in [0.15, 0.2) is 47.2 Å². The van der Waals surface area contributed by atoms with Gasteiger partial charge in [0.1, 0.15) is 6.26 Å². The molecule has 0 unspecified atom stereocenters. The molecule has 0 radical (unpaired) electrons. The van der Waals surface area contributed by atoms with Crippen molar-refractivity contribution in [3.63, 3.8) is 0 Å².